The van der Waals surface area contributed by atoms with E-state index in [4.69, 9.17) is 4.74 Å². The number of phenols is 3. The van der Waals surface area contributed by atoms with Gasteiger partial charge in [0, 0.05) is 23.0 Å². The summed E-state index contributed by atoms with van der Waals surface area (Å²) in [7, 11) is 0. The van der Waals surface area contributed by atoms with Gasteiger partial charge in [-0.3, -0.25) is 0 Å². The minimum atomic E-state index is -0.233. The Morgan fingerprint density at radius 3 is 1.89 bits per heavy atom. The first-order valence-corrected chi connectivity index (χ1v) is 12.5. The maximum Gasteiger partial charge on any atom is 0.130 e. The van der Waals surface area contributed by atoms with Gasteiger partial charge in [0.05, 0.1) is 6.61 Å². The zero-order chi connectivity index (χ0) is 25.7. The third-order valence-electron chi connectivity index (χ3n) is 7.19. The third kappa shape index (κ3) is 4.59. The Kier molecular flexibility index (Phi) is 6.29. The van der Waals surface area contributed by atoms with Crippen LogP contribution in [0, 0.1) is 0 Å². The van der Waals surface area contributed by atoms with Crippen molar-refractivity contribution in [3.63, 3.8) is 0 Å². The molecule has 0 aromatic heterocycles. The fourth-order valence-electron chi connectivity index (χ4n) is 5.28. The molecule has 4 rings (SSSR count). The van der Waals surface area contributed by atoms with Gasteiger partial charge in [0.1, 0.15) is 23.0 Å². The van der Waals surface area contributed by atoms with Crippen molar-refractivity contribution in [1.29, 1.82) is 0 Å². The molecule has 0 bridgehead atoms. The molecule has 35 heavy (non-hydrogen) atoms. The number of hydrogen-bond acceptors (Lipinski definition) is 4. The van der Waals surface area contributed by atoms with Crippen LogP contribution in [0.25, 0.3) is 0 Å². The lowest BCUT2D eigenvalue weighted by molar-refractivity contribution is 0.244. The molecule has 1 aliphatic heterocycles. The summed E-state index contributed by atoms with van der Waals surface area (Å²) in [6.07, 6.45) is 0.670. The molecule has 3 N–H and O–H groups in total. The summed E-state index contributed by atoms with van der Waals surface area (Å²) in [5.74, 6) is 1.56. The highest BCUT2D eigenvalue weighted by atomic mass is 16.5. The van der Waals surface area contributed by atoms with E-state index in [1.807, 2.05) is 25.1 Å². The molecule has 4 nitrogen and oxygen atoms in total. The summed E-state index contributed by atoms with van der Waals surface area (Å²) >= 11 is 0. The molecule has 0 aliphatic carbocycles. The molecule has 0 fully saturated rings. The Balaban J connectivity index is 1.98. The molecule has 2 atom stereocenters. The third-order valence-corrected chi connectivity index (χ3v) is 7.19. The molecule has 186 valence electrons. The molecule has 2 unspecified atom stereocenters. The summed E-state index contributed by atoms with van der Waals surface area (Å²) in [5, 5.41) is 31.7. The van der Waals surface area contributed by atoms with Crippen LogP contribution in [0.3, 0.4) is 0 Å². The van der Waals surface area contributed by atoms with E-state index in [0.29, 0.717) is 18.8 Å². The largest absolute Gasteiger partial charge is 0.508 e. The normalized spacial score (nSPS) is 18.1. The smallest absolute Gasteiger partial charge is 0.130 e. The monoisotopic (exact) mass is 474 g/mol. The molecule has 1 heterocycles. The molecule has 4 heteroatoms. The first-order valence-electron chi connectivity index (χ1n) is 12.5. The molecule has 0 radical (unpaired) electrons. The van der Waals surface area contributed by atoms with E-state index in [2.05, 4.69) is 53.7 Å². The van der Waals surface area contributed by atoms with Crippen molar-refractivity contribution in [2.24, 2.45) is 0 Å². The van der Waals surface area contributed by atoms with Crippen molar-refractivity contribution in [3.05, 3.63) is 81.9 Å². The number of fused-ring (bicyclic) bond motifs is 1. The number of rotatable bonds is 3. The summed E-state index contributed by atoms with van der Waals surface area (Å²) in [6, 6.07) is 15.4. The topological polar surface area (TPSA) is 69.9 Å². The number of benzene rings is 3. The Bertz CT molecular complexity index is 1190. The van der Waals surface area contributed by atoms with Gasteiger partial charge in [-0.05, 0) is 57.7 Å². The van der Waals surface area contributed by atoms with Crippen LogP contribution >= 0.6 is 0 Å². The summed E-state index contributed by atoms with van der Waals surface area (Å²) in [4.78, 5) is 0. The van der Waals surface area contributed by atoms with Gasteiger partial charge in [-0.2, -0.15) is 0 Å². The Hall–Kier alpha value is -3.14. The SMILES string of the molecule is CCc1c(O)ccc2c1OCC(c1cc(C(C)(C)C)c(O)c(C(C)(C)C)c1)C2c1ccc(O)cc1. The maximum atomic E-state index is 11.3. The highest BCUT2D eigenvalue weighted by molar-refractivity contribution is 5.58. The van der Waals surface area contributed by atoms with Crippen molar-refractivity contribution in [1.82, 2.24) is 0 Å². The molecule has 0 spiro atoms. The average Bonchev–Trinajstić information content (AvgIpc) is 2.77. The second kappa shape index (κ2) is 8.82. The van der Waals surface area contributed by atoms with E-state index in [9.17, 15) is 15.3 Å². The van der Waals surface area contributed by atoms with E-state index < -0.39 is 0 Å². The van der Waals surface area contributed by atoms with Crippen LogP contribution in [-0.2, 0) is 17.3 Å². The van der Waals surface area contributed by atoms with Crippen LogP contribution in [0.2, 0.25) is 0 Å². The highest BCUT2D eigenvalue weighted by Gasteiger charge is 2.37. The highest BCUT2D eigenvalue weighted by Crippen LogP contribution is 2.51. The van der Waals surface area contributed by atoms with Crippen molar-refractivity contribution >= 4 is 0 Å². The standard InChI is InChI=1S/C31H38O4/c1-8-21-26(33)14-13-22-27(18-9-11-20(32)12-10-18)23(17-35-29(21)22)19-15-24(30(2,3)4)28(34)25(16-19)31(5,6)7/h9-16,23,27,32-34H,8,17H2,1-7H3. The van der Waals surface area contributed by atoms with E-state index in [1.54, 1.807) is 18.2 Å². The number of aromatic hydroxyl groups is 3. The van der Waals surface area contributed by atoms with Crippen LogP contribution in [0.15, 0.2) is 48.5 Å². The minimum Gasteiger partial charge on any atom is -0.508 e. The van der Waals surface area contributed by atoms with E-state index >= 15 is 0 Å². The predicted octanol–water partition coefficient (Wildman–Crippen LogP) is 7.27. The van der Waals surface area contributed by atoms with Gasteiger partial charge in [-0.25, -0.2) is 0 Å². The molecule has 0 saturated heterocycles. The second-order valence-electron chi connectivity index (χ2n) is 11.8. The second-order valence-corrected chi connectivity index (χ2v) is 11.8. The van der Waals surface area contributed by atoms with Crippen LogP contribution in [0.5, 0.6) is 23.0 Å². The average molecular weight is 475 g/mol. The molecular formula is C31H38O4. The van der Waals surface area contributed by atoms with Crippen LogP contribution in [-0.4, -0.2) is 21.9 Å². The Labute approximate surface area is 209 Å². The summed E-state index contributed by atoms with van der Waals surface area (Å²) in [6.45, 7) is 15.2. The van der Waals surface area contributed by atoms with Gasteiger partial charge < -0.3 is 20.1 Å². The van der Waals surface area contributed by atoms with Gasteiger partial charge in [0.2, 0.25) is 0 Å². The van der Waals surface area contributed by atoms with Crippen LogP contribution < -0.4 is 4.74 Å². The Morgan fingerprint density at radius 1 is 0.800 bits per heavy atom. The Morgan fingerprint density at radius 2 is 1.37 bits per heavy atom. The molecule has 0 amide bonds. The molecule has 3 aromatic rings. The zero-order valence-electron chi connectivity index (χ0n) is 21.9. The lowest BCUT2D eigenvalue weighted by Crippen LogP contribution is -2.27. The number of hydrogen-bond donors (Lipinski definition) is 3. The van der Waals surface area contributed by atoms with Gasteiger partial charge in [-0.1, -0.05) is 78.8 Å². The van der Waals surface area contributed by atoms with Gasteiger partial charge >= 0.3 is 0 Å². The van der Waals surface area contributed by atoms with Crippen LogP contribution in [0.4, 0.5) is 0 Å². The molecule has 0 saturated carbocycles. The van der Waals surface area contributed by atoms with Gasteiger partial charge in [-0.15, -0.1) is 0 Å². The quantitative estimate of drug-likeness (QED) is 0.373. The van der Waals surface area contributed by atoms with Crippen LogP contribution in [0.1, 0.15) is 93.7 Å². The van der Waals surface area contributed by atoms with Crippen molar-refractivity contribution in [2.45, 2.75) is 77.6 Å². The van der Waals surface area contributed by atoms with Crippen molar-refractivity contribution in [3.8, 4) is 23.0 Å². The van der Waals surface area contributed by atoms with E-state index in [1.165, 1.54) is 0 Å². The molecular weight excluding hydrogens is 436 g/mol. The van der Waals surface area contributed by atoms with Gasteiger partial charge in [0.25, 0.3) is 0 Å². The van der Waals surface area contributed by atoms with Crippen molar-refractivity contribution < 1.29 is 20.1 Å². The zero-order valence-corrected chi connectivity index (χ0v) is 21.9. The first-order chi connectivity index (χ1) is 16.3. The fraction of sp³-hybridized carbons (Fsp3) is 0.419. The van der Waals surface area contributed by atoms with Crippen molar-refractivity contribution in [2.75, 3.05) is 6.61 Å². The van der Waals surface area contributed by atoms with E-state index in [0.717, 1.165) is 39.1 Å². The lowest BCUT2D eigenvalue weighted by Gasteiger charge is -2.37. The lowest BCUT2D eigenvalue weighted by atomic mass is 9.71. The van der Waals surface area contributed by atoms with Gasteiger partial charge in [0.15, 0.2) is 0 Å². The molecule has 3 aromatic carbocycles. The van der Waals surface area contributed by atoms with E-state index in [-0.39, 0.29) is 34.2 Å². The first kappa shape index (κ1) is 25.0. The summed E-state index contributed by atoms with van der Waals surface area (Å²) < 4.78 is 6.38. The molecule has 1 aliphatic rings. The fourth-order valence-corrected chi connectivity index (χ4v) is 5.28. The summed E-state index contributed by atoms with van der Waals surface area (Å²) in [5.41, 5.74) is 5.43. The maximum absolute atomic E-state index is 11.3. The predicted molar refractivity (Wildman–Crippen MR) is 141 cm³/mol. The number of ether oxygens (including phenoxy) is 1. The minimum absolute atomic E-state index is 0.0101. The number of phenolic OH excluding ortho intramolecular Hbond substituents is 3.